The summed E-state index contributed by atoms with van der Waals surface area (Å²) >= 11 is 0. The fraction of sp³-hybridized carbons (Fsp3) is 0.375. The van der Waals surface area contributed by atoms with Crippen LogP contribution in [-0.2, 0) is 13.0 Å². The van der Waals surface area contributed by atoms with Crippen LogP contribution in [0.4, 0.5) is 23.3 Å². The van der Waals surface area contributed by atoms with E-state index in [1.54, 1.807) is 7.11 Å². The van der Waals surface area contributed by atoms with Crippen molar-refractivity contribution in [3.8, 4) is 5.75 Å². The van der Waals surface area contributed by atoms with Crippen LogP contribution in [0, 0.1) is 0 Å². The van der Waals surface area contributed by atoms with Gasteiger partial charge in [0.2, 0.25) is 11.9 Å². The Kier molecular flexibility index (Phi) is 5.77. The quantitative estimate of drug-likeness (QED) is 0.631. The second kappa shape index (κ2) is 9.00. The molecule has 8 heteroatoms. The van der Waals surface area contributed by atoms with Crippen molar-refractivity contribution in [2.75, 3.05) is 55.4 Å². The lowest BCUT2D eigenvalue weighted by molar-refractivity contribution is -0.915. The molecule has 0 saturated carbocycles. The summed E-state index contributed by atoms with van der Waals surface area (Å²) in [5.41, 5.74) is 9.81. The average molecular weight is 433 g/mol. The maximum Gasteiger partial charge on any atom is 0.235 e. The van der Waals surface area contributed by atoms with Crippen LogP contribution in [0.25, 0.3) is 0 Å². The number of hydrogen-bond donors (Lipinski definition) is 2. The summed E-state index contributed by atoms with van der Waals surface area (Å²) in [5, 5.41) is 0. The van der Waals surface area contributed by atoms with Crippen molar-refractivity contribution in [2.24, 2.45) is 0 Å². The molecule has 0 spiro atoms. The Morgan fingerprint density at radius 3 is 2.69 bits per heavy atom. The van der Waals surface area contributed by atoms with Gasteiger partial charge in [-0.05, 0) is 36.6 Å². The number of nitrogens with two attached hydrogens (primary N) is 1. The van der Waals surface area contributed by atoms with E-state index < -0.39 is 0 Å². The van der Waals surface area contributed by atoms with Crippen molar-refractivity contribution in [3.63, 3.8) is 0 Å². The zero-order valence-electron chi connectivity index (χ0n) is 18.5. The van der Waals surface area contributed by atoms with Crippen LogP contribution in [0.15, 0.2) is 48.5 Å². The lowest BCUT2D eigenvalue weighted by atomic mass is 10.0. The SMILES string of the molecule is COc1cccc(N2CC[NH+](Cc3nc(N)nc(N4CCCc5ccccc54)n3)CC2)c1. The number of quaternary nitrogens is 1. The molecular weight excluding hydrogens is 402 g/mol. The third kappa shape index (κ3) is 4.31. The molecule has 0 radical (unpaired) electrons. The van der Waals surface area contributed by atoms with Crippen molar-refractivity contribution in [2.45, 2.75) is 19.4 Å². The Morgan fingerprint density at radius 2 is 1.84 bits per heavy atom. The zero-order valence-corrected chi connectivity index (χ0v) is 18.5. The van der Waals surface area contributed by atoms with Gasteiger partial charge in [0, 0.05) is 24.0 Å². The molecule has 3 aromatic rings. The van der Waals surface area contributed by atoms with Gasteiger partial charge < -0.3 is 25.2 Å². The molecule has 0 atom stereocenters. The van der Waals surface area contributed by atoms with Crippen molar-refractivity contribution in [1.29, 1.82) is 0 Å². The summed E-state index contributed by atoms with van der Waals surface area (Å²) in [6.45, 7) is 5.65. The first-order valence-corrected chi connectivity index (χ1v) is 11.3. The number of nitrogens with zero attached hydrogens (tertiary/aromatic N) is 5. The summed E-state index contributed by atoms with van der Waals surface area (Å²) in [6, 6.07) is 16.7. The van der Waals surface area contributed by atoms with E-state index in [2.05, 4.69) is 56.2 Å². The maximum absolute atomic E-state index is 6.10. The molecule has 0 bridgehead atoms. The molecule has 5 rings (SSSR count). The third-order valence-electron chi connectivity index (χ3n) is 6.34. The van der Waals surface area contributed by atoms with Crippen molar-refractivity contribution < 1.29 is 9.64 Å². The number of nitrogens with one attached hydrogen (secondary N) is 1. The van der Waals surface area contributed by atoms with Gasteiger partial charge in [0.15, 0.2) is 5.82 Å². The van der Waals surface area contributed by atoms with E-state index in [1.165, 1.54) is 21.8 Å². The molecule has 1 aromatic heterocycles. The van der Waals surface area contributed by atoms with E-state index in [9.17, 15) is 0 Å². The number of aromatic nitrogens is 3. The molecule has 8 nitrogen and oxygen atoms in total. The van der Waals surface area contributed by atoms with E-state index in [-0.39, 0.29) is 0 Å². The molecule has 2 aliphatic heterocycles. The predicted molar refractivity (Wildman–Crippen MR) is 126 cm³/mol. The number of aryl methyl sites for hydroxylation is 1. The molecule has 3 N–H and O–H groups in total. The number of ether oxygens (including phenoxy) is 1. The normalized spacial score (nSPS) is 16.7. The molecule has 2 aliphatic rings. The largest absolute Gasteiger partial charge is 0.497 e. The number of benzene rings is 2. The Labute approximate surface area is 188 Å². The van der Waals surface area contributed by atoms with Crippen LogP contribution in [0.3, 0.4) is 0 Å². The van der Waals surface area contributed by atoms with Crippen LogP contribution >= 0.6 is 0 Å². The molecule has 2 aromatic carbocycles. The Hall–Kier alpha value is -3.39. The van der Waals surface area contributed by atoms with Gasteiger partial charge >= 0.3 is 0 Å². The summed E-state index contributed by atoms with van der Waals surface area (Å²) < 4.78 is 5.37. The van der Waals surface area contributed by atoms with E-state index >= 15 is 0 Å². The average Bonchev–Trinajstić information content (AvgIpc) is 2.84. The maximum atomic E-state index is 6.10. The highest BCUT2D eigenvalue weighted by Gasteiger charge is 2.24. The molecule has 0 unspecified atom stereocenters. The summed E-state index contributed by atoms with van der Waals surface area (Å²) in [4.78, 5) is 19.8. The predicted octanol–water partition coefficient (Wildman–Crippen LogP) is 1.45. The molecule has 1 saturated heterocycles. The third-order valence-corrected chi connectivity index (χ3v) is 6.34. The number of piperazine rings is 1. The van der Waals surface area contributed by atoms with E-state index in [0.29, 0.717) is 11.9 Å². The van der Waals surface area contributed by atoms with E-state index in [1.807, 2.05) is 12.1 Å². The molecular formula is C24H30N7O+. The second-order valence-corrected chi connectivity index (χ2v) is 8.41. The molecule has 1 fully saturated rings. The van der Waals surface area contributed by atoms with Gasteiger partial charge in [0.05, 0.1) is 33.3 Å². The van der Waals surface area contributed by atoms with Gasteiger partial charge in [-0.25, -0.2) is 0 Å². The molecule has 32 heavy (non-hydrogen) atoms. The monoisotopic (exact) mass is 432 g/mol. The van der Waals surface area contributed by atoms with Crippen molar-refractivity contribution in [1.82, 2.24) is 15.0 Å². The first-order chi connectivity index (χ1) is 15.7. The molecule has 0 amide bonds. The van der Waals surface area contributed by atoms with Gasteiger partial charge in [-0.3, -0.25) is 0 Å². The number of methoxy groups -OCH3 is 1. The zero-order chi connectivity index (χ0) is 21.9. The van der Waals surface area contributed by atoms with Crippen molar-refractivity contribution >= 4 is 23.3 Å². The topological polar surface area (TPSA) is 84.8 Å². The van der Waals surface area contributed by atoms with Crippen LogP contribution in [0.2, 0.25) is 0 Å². The number of anilines is 4. The lowest BCUT2D eigenvalue weighted by Crippen LogP contribution is -3.13. The number of nitrogen functional groups attached to an aromatic ring is 1. The fourth-order valence-corrected chi connectivity index (χ4v) is 4.65. The Bertz CT molecular complexity index is 1080. The number of hydrogen-bond acceptors (Lipinski definition) is 7. The Morgan fingerprint density at radius 1 is 1.00 bits per heavy atom. The molecule has 166 valence electrons. The Balaban J connectivity index is 1.28. The van der Waals surface area contributed by atoms with E-state index in [0.717, 1.165) is 63.7 Å². The van der Waals surface area contributed by atoms with Gasteiger partial charge in [-0.1, -0.05) is 24.3 Å². The first-order valence-electron chi connectivity index (χ1n) is 11.3. The fourth-order valence-electron chi connectivity index (χ4n) is 4.65. The van der Waals surface area contributed by atoms with Crippen LogP contribution in [-0.4, -0.2) is 54.8 Å². The summed E-state index contributed by atoms with van der Waals surface area (Å²) in [6.07, 6.45) is 2.16. The van der Waals surface area contributed by atoms with Gasteiger partial charge in [-0.15, -0.1) is 0 Å². The lowest BCUT2D eigenvalue weighted by Gasteiger charge is -2.33. The highest BCUT2D eigenvalue weighted by molar-refractivity contribution is 5.63. The van der Waals surface area contributed by atoms with Gasteiger partial charge in [0.25, 0.3) is 0 Å². The number of rotatable bonds is 5. The van der Waals surface area contributed by atoms with Gasteiger partial charge in [-0.2, -0.15) is 15.0 Å². The molecule has 0 aliphatic carbocycles. The van der Waals surface area contributed by atoms with Crippen LogP contribution in [0.5, 0.6) is 5.75 Å². The minimum Gasteiger partial charge on any atom is -0.497 e. The van der Waals surface area contributed by atoms with E-state index in [4.69, 9.17) is 15.5 Å². The highest BCUT2D eigenvalue weighted by atomic mass is 16.5. The smallest absolute Gasteiger partial charge is 0.235 e. The van der Waals surface area contributed by atoms with Crippen LogP contribution in [0.1, 0.15) is 17.8 Å². The summed E-state index contributed by atoms with van der Waals surface area (Å²) in [7, 11) is 1.71. The minimum atomic E-state index is 0.294. The minimum absolute atomic E-state index is 0.294. The second-order valence-electron chi connectivity index (χ2n) is 8.41. The highest BCUT2D eigenvalue weighted by Crippen LogP contribution is 2.31. The van der Waals surface area contributed by atoms with Crippen LogP contribution < -0.4 is 25.2 Å². The molecule has 3 heterocycles. The number of para-hydroxylation sites is 1. The van der Waals surface area contributed by atoms with Gasteiger partial charge in [0.1, 0.15) is 12.3 Å². The number of fused-ring (bicyclic) bond motifs is 1. The first kappa shape index (κ1) is 20.5. The summed E-state index contributed by atoms with van der Waals surface area (Å²) in [5.74, 6) is 2.61. The standard InChI is InChI=1S/C24H29N7O/c1-32-20-9-4-8-19(16-20)30-14-12-29(13-15-30)17-22-26-23(25)28-24(27-22)31-11-5-7-18-6-2-3-10-21(18)31/h2-4,6,8-10,16H,5,7,11-15,17H2,1H3,(H2,25,26,27,28)/p+1. The van der Waals surface area contributed by atoms with Crippen molar-refractivity contribution in [3.05, 3.63) is 59.9 Å².